The second-order valence-electron chi connectivity index (χ2n) is 7.77. The molecule has 5 heteroatoms. The number of nitrogens with one attached hydrogen (secondary N) is 1. The number of alkyl halides is 1. The first-order valence-corrected chi connectivity index (χ1v) is 10.6. The summed E-state index contributed by atoms with van der Waals surface area (Å²) in [6, 6.07) is 11.2. The minimum atomic E-state index is -0.462. The van der Waals surface area contributed by atoms with E-state index in [1.165, 1.54) is 16.7 Å². The number of halogens is 1. The van der Waals surface area contributed by atoms with Crippen LogP contribution in [0.4, 0.5) is 0 Å². The van der Waals surface area contributed by atoms with Crippen molar-refractivity contribution in [2.75, 3.05) is 52.5 Å². The Hall–Kier alpha value is -0.910. The van der Waals surface area contributed by atoms with Crippen molar-refractivity contribution >= 4 is 11.6 Å². The number of allylic oxidation sites excluding steroid dienone is 1. The van der Waals surface area contributed by atoms with Crippen molar-refractivity contribution in [3.63, 3.8) is 0 Å². The molecular weight excluding hydrogens is 358 g/mol. The molecule has 2 unspecified atom stereocenters. The van der Waals surface area contributed by atoms with Crippen LogP contribution in [0.5, 0.6) is 0 Å². The highest BCUT2D eigenvalue weighted by Gasteiger charge is 2.37. The van der Waals surface area contributed by atoms with Gasteiger partial charge in [0.1, 0.15) is 5.00 Å². The van der Waals surface area contributed by atoms with Gasteiger partial charge in [-0.15, -0.1) is 0 Å². The molecule has 0 amide bonds. The Balaban J connectivity index is 1.85. The molecule has 1 aromatic rings. The maximum Gasteiger partial charge on any atom is 0.116 e. The maximum absolute atomic E-state index is 7.24. The number of piperazine rings is 1. The van der Waals surface area contributed by atoms with Crippen LogP contribution in [0.25, 0.3) is 0 Å². The van der Waals surface area contributed by atoms with Crippen LogP contribution >= 0.6 is 11.6 Å². The summed E-state index contributed by atoms with van der Waals surface area (Å²) >= 11 is 7.24. The Morgan fingerprint density at radius 3 is 2.59 bits per heavy atom. The summed E-state index contributed by atoms with van der Waals surface area (Å²) in [6.45, 7) is 13.9. The van der Waals surface area contributed by atoms with Crippen molar-refractivity contribution < 1.29 is 4.74 Å². The average molecular weight is 392 g/mol. The van der Waals surface area contributed by atoms with Crippen LogP contribution < -0.4 is 5.32 Å². The molecule has 1 N–H and O–H groups in total. The molecule has 0 bridgehead atoms. The second kappa shape index (κ2) is 9.53. The van der Waals surface area contributed by atoms with Crippen LogP contribution in [-0.4, -0.2) is 67.3 Å². The van der Waals surface area contributed by atoms with Gasteiger partial charge in [-0.05, 0) is 31.4 Å². The van der Waals surface area contributed by atoms with Crippen molar-refractivity contribution in [2.45, 2.75) is 38.2 Å². The molecule has 1 aromatic carbocycles. The Morgan fingerprint density at radius 1 is 1.22 bits per heavy atom. The van der Waals surface area contributed by atoms with E-state index < -0.39 is 5.00 Å². The fraction of sp³-hybridized carbons (Fsp3) is 0.636. The van der Waals surface area contributed by atoms with Crippen LogP contribution in [0, 0.1) is 0 Å². The third kappa shape index (κ3) is 4.93. The van der Waals surface area contributed by atoms with Gasteiger partial charge < -0.3 is 10.1 Å². The van der Waals surface area contributed by atoms with Gasteiger partial charge in [0, 0.05) is 45.3 Å². The average Bonchev–Trinajstić information content (AvgIpc) is 2.73. The lowest BCUT2D eigenvalue weighted by Crippen LogP contribution is -2.53. The van der Waals surface area contributed by atoms with Crippen LogP contribution in [-0.2, 0) is 4.74 Å². The lowest BCUT2D eigenvalue weighted by Gasteiger charge is -2.44. The van der Waals surface area contributed by atoms with Crippen molar-refractivity contribution in [1.82, 2.24) is 15.1 Å². The predicted octanol–water partition coefficient (Wildman–Crippen LogP) is 3.65. The van der Waals surface area contributed by atoms with Crippen LogP contribution in [0.15, 0.2) is 41.5 Å². The summed E-state index contributed by atoms with van der Waals surface area (Å²) in [4.78, 5) is 4.52. The fourth-order valence-electron chi connectivity index (χ4n) is 4.20. The van der Waals surface area contributed by atoms with E-state index in [4.69, 9.17) is 16.3 Å². The summed E-state index contributed by atoms with van der Waals surface area (Å²) in [6.07, 6.45) is 1.03. The molecule has 2 atom stereocenters. The number of rotatable bonds is 6. The first-order chi connectivity index (χ1) is 13.0. The van der Waals surface area contributed by atoms with Gasteiger partial charge in [0.25, 0.3) is 0 Å². The number of morpholine rings is 1. The predicted molar refractivity (Wildman–Crippen MR) is 113 cm³/mol. The largest absolute Gasteiger partial charge is 0.379 e. The van der Waals surface area contributed by atoms with Crippen molar-refractivity contribution in [3.8, 4) is 0 Å². The van der Waals surface area contributed by atoms with Crippen molar-refractivity contribution in [2.24, 2.45) is 0 Å². The summed E-state index contributed by atoms with van der Waals surface area (Å²) in [5, 5.41) is 3.56. The molecule has 3 rings (SSSR count). The Kier molecular flexibility index (Phi) is 7.35. The standard InChI is InChI=1S/C22H34ClN3O/c1-4-18(2)20(22(3,23)26-12-14-27-15-13-26)17-25-11-10-24-16-21(25)19-8-6-5-7-9-19/h5-9,21,24H,4,10-17H2,1-3H3. The van der Waals surface area contributed by atoms with Gasteiger partial charge in [-0.2, -0.15) is 0 Å². The third-order valence-corrected chi connectivity index (χ3v) is 6.57. The first kappa shape index (κ1) is 20.8. The van der Waals surface area contributed by atoms with E-state index in [0.29, 0.717) is 6.04 Å². The Labute approximate surface area is 169 Å². The van der Waals surface area contributed by atoms with Gasteiger partial charge in [-0.3, -0.25) is 9.80 Å². The zero-order chi connectivity index (χ0) is 19.3. The maximum atomic E-state index is 7.24. The number of hydrogen-bond donors (Lipinski definition) is 1. The van der Waals surface area contributed by atoms with Gasteiger partial charge in [0.05, 0.1) is 13.2 Å². The first-order valence-electron chi connectivity index (χ1n) is 10.2. The second-order valence-corrected chi connectivity index (χ2v) is 8.50. The van der Waals surface area contributed by atoms with E-state index in [0.717, 1.165) is 58.9 Å². The van der Waals surface area contributed by atoms with Gasteiger partial charge in [-0.1, -0.05) is 54.4 Å². The topological polar surface area (TPSA) is 27.7 Å². The molecule has 2 fully saturated rings. The van der Waals surface area contributed by atoms with E-state index in [1.54, 1.807) is 0 Å². The molecule has 27 heavy (non-hydrogen) atoms. The van der Waals surface area contributed by atoms with Crippen LogP contribution in [0.1, 0.15) is 38.8 Å². The van der Waals surface area contributed by atoms with E-state index in [-0.39, 0.29) is 0 Å². The van der Waals surface area contributed by atoms with Crippen molar-refractivity contribution in [3.05, 3.63) is 47.0 Å². The lowest BCUT2D eigenvalue weighted by atomic mass is 9.95. The molecule has 0 spiro atoms. The van der Waals surface area contributed by atoms with Crippen molar-refractivity contribution in [1.29, 1.82) is 0 Å². The minimum Gasteiger partial charge on any atom is -0.379 e. The van der Waals surface area contributed by atoms with E-state index in [1.807, 2.05) is 0 Å². The highest BCUT2D eigenvalue weighted by Crippen LogP contribution is 2.35. The number of nitrogens with zero attached hydrogens (tertiary/aromatic N) is 2. The van der Waals surface area contributed by atoms with E-state index in [9.17, 15) is 0 Å². The molecule has 2 aliphatic rings. The number of hydrogen-bond acceptors (Lipinski definition) is 4. The van der Waals surface area contributed by atoms with Crippen LogP contribution in [0.2, 0.25) is 0 Å². The van der Waals surface area contributed by atoms with Gasteiger partial charge in [0.15, 0.2) is 0 Å². The van der Waals surface area contributed by atoms with Crippen LogP contribution in [0.3, 0.4) is 0 Å². The molecule has 2 saturated heterocycles. The highest BCUT2D eigenvalue weighted by atomic mass is 35.5. The molecule has 0 aliphatic carbocycles. The summed E-state index contributed by atoms with van der Waals surface area (Å²) < 4.78 is 5.55. The number of ether oxygens (including phenoxy) is 1. The van der Waals surface area contributed by atoms with Gasteiger partial charge in [0.2, 0.25) is 0 Å². The smallest absolute Gasteiger partial charge is 0.116 e. The molecule has 2 heterocycles. The highest BCUT2D eigenvalue weighted by molar-refractivity contribution is 6.25. The normalized spacial score (nSPS) is 25.7. The van der Waals surface area contributed by atoms with E-state index >= 15 is 0 Å². The molecule has 0 radical (unpaired) electrons. The monoisotopic (exact) mass is 391 g/mol. The Bertz CT molecular complexity index is 626. The summed E-state index contributed by atoms with van der Waals surface area (Å²) in [5.74, 6) is 0. The summed E-state index contributed by atoms with van der Waals surface area (Å²) in [7, 11) is 0. The Morgan fingerprint density at radius 2 is 1.93 bits per heavy atom. The minimum absolute atomic E-state index is 0.386. The molecule has 2 aliphatic heterocycles. The third-order valence-electron chi connectivity index (χ3n) is 6.10. The zero-order valence-electron chi connectivity index (χ0n) is 17.0. The molecule has 150 valence electrons. The number of benzene rings is 1. The van der Waals surface area contributed by atoms with E-state index in [2.05, 4.69) is 66.2 Å². The van der Waals surface area contributed by atoms with Gasteiger partial charge >= 0.3 is 0 Å². The fourth-order valence-corrected chi connectivity index (χ4v) is 4.59. The molecule has 0 aromatic heterocycles. The van der Waals surface area contributed by atoms with Gasteiger partial charge in [-0.25, -0.2) is 0 Å². The quantitative estimate of drug-likeness (QED) is 0.455. The SMILES string of the molecule is CCC(C)=C(CN1CCNCC1c1ccccc1)C(C)(Cl)N1CCOCC1. The summed E-state index contributed by atoms with van der Waals surface area (Å²) in [5.41, 5.74) is 4.14. The molecular formula is C22H34ClN3O. The molecule has 4 nitrogen and oxygen atoms in total. The molecule has 0 saturated carbocycles. The lowest BCUT2D eigenvalue weighted by molar-refractivity contribution is 0.0152. The zero-order valence-corrected chi connectivity index (χ0v) is 17.8.